The van der Waals surface area contributed by atoms with Crippen LogP contribution in [0.2, 0.25) is 0 Å². The maximum absolute atomic E-state index is 11.5. The summed E-state index contributed by atoms with van der Waals surface area (Å²) < 4.78 is 0. The van der Waals surface area contributed by atoms with Crippen molar-refractivity contribution >= 4 is 5.97 Å². The summed E-state index contributed by atoms with van der Waals surface area (Å²) in [5.41, 5.74) is 5.11. The highest BCUT2D eigenvalue weighted by atomic mass is 16.4. The number of carboxylic acid groups (broad SMARTS) is 1. The summed E-state index contributed by atoms with van der Waals surface area (Å²) in [5.74, 6) is 0.376. The normalized spacial score (nSPS) is 19.6. The molecule has 1 atom stereocenters. The molecule has 0 spiro atoms. The molecule has 0 heterocycles. The fourth-order valence-corrected chi connectivity index (χ4v) is 2.58. The predicted molar refractivity (Wildman–Crippen MR) is 73.4 cm³/mol. The highest BCUT2D eigenvalue weighted by Gasteiger charge is 2.49. The fraction of sp³-hybridized carbons (Fsp3) is 0.929. The Morgan fingerprint density at radius 3 is 2.00 bits per heavy atom. The number of carbonyl (C=O) groups is 1. The van der Waals surface area contributed by atoms with Crippen molar-refractivity contribution in [3.8, 4) is 0 Å². The van der Waals surface area contributed by atoms with E-state index in [0.29, 0.717) is 18.4 Å². The molecule has 0 saturated heterocycles. The first-order valence-corrected chi connectivity index (χ1v) is 7.00. The van der Waals surface area contributed by atoms with E-state index in [-0.39, 0.29) is 5.92 Å². The Morgan fingerprint density at radius 1 is 1.28 bits per heavy atom. The summed E-state index contributed by atoms with van der Waals surface area (Å²) in [4.78, 5) is 13.7. The third kappa shape index (κ3) is 4.25. The molecule has 4 nitrogen and oxygen atoms in total. The van der Waals surface area contributed by atoms with Crippen LogP contribution < -0.4 is 5.73 Å². The smallest absolute Gasteiger partial charge is 0.325 e. The van der Waals surface area contributed by atoms with E-state index < -0.39 is 11.5 Å². The monoisotopic (exact) mass is 256 g/mol. The third-order valence-corrected chi connectivity index (χ3v) is 3.44. The van der Waals surface area contributed by atoms with Crippen LogP contribution in [0.15, 0.2) is 0 Å². The van der Waals surface area contributed by atoms with E-state index in [1.165, 1.54) is 0 Å². The van der Waals surface area contributed by atoms with Gasteiger partial charge in [0.2, 0.25) is 0 Å². The van der Waals surface area contributed by atoms with Gasteiger partial charge in [0.15, 0.2) is 0 Å². The molecule has 0 aromatic heterocycles. The Kier molecular flexibility index (Phi) is 5.17. The van der Waals surface area contributed by atoms with Crippen LogP contribution in [-0.2, 0) is 4.79 Å². The number of aliphatic carboxylic acids is 1. The minimum atomic E-state index is -1.05. The van der Waals surface area contributed by atoms with Gasteiger partial charge in [-0.25, -0.2) is 0 Å². The Balaban J connectivity index is 2.69. The predicted octanol–water partition coefficient (Wildman–Crippen LogP) is 1.79. The van der Waals surface area contributed by atoms with Crippen molar-refractivity contribution in [3.05, 3.63) is 0 Å². The lowest BCUT2D eigenvalue weighted by atomic mass is 9.93. The minimum Gasteiger partial charge on any atom is -0.480 e. The van der Waals surface area contributed by atoms with Gasteiger partial charge in [0.05, 0.1) is 0 Å². The first-order valence-electron chi connectivity index (χ1n) is 7.00. The summed E-state index contributed by atoms with van der Waals surface area (Å²) in [5, 5.41) is 9.41. The minimum absolute atomic E-state index is 0.164. The van der Waals surface area contributed by atoms with Gasteiger partial charge < -0.3 is 15.7 Å². The molecule has 1 rings (SSSR count). The van der Waals surface area contributed by atoms with Crippen molar-refractivity contribution in [3.63, 3.8) is 0 Å². The quantitative estimate of drug-likeness (QED) is 0.695. The second kappa shape index (κ2) is 6.02. The highest BCUT2D eigenvalue weighted by molar-refractivity contribution is 5.79. The first-order chi connectivity index (χ1) is 8.25. The lowest BCUT2D eigenvalue weighted by Gasteiger charge is -2.34. The molecule has 1 unspecified atom stereocenters. The lowest BCUT2D eigenvalue weighted by molar-refractivity contribution is -0.145. The molecule has 1 aliphatic rings. The number of hydrogen-bond donors (Lipinski definition) is 2. The molecule has 0 aliphatic heterocycles. The van der Waals surface area contributed by atoms with E-state index in [0.717, 1.165) is 25.9 Å². The Labute approximate surface area is 111 Å². The zero-order valence-electron chi connectivity index (χ0n) is 12.1. The number of nitrogens with zero attached hydrogens (tertiary/aromatic N) is 1. The van der Waals surface area contributed by atoms with Gasteiger partial charge in [-0.3, -0.25) is 4.79 Å². The average Bonchev–Trinajstić information content (AvgIpc) is 2.97. The van der Waals surface area contributed by atoms with Crippen LogP contribution in [0.4, 0.5) is 0 Å². The topological polar surface area (TPSA) is 66.6 Å². The average molecular weight is 256 g/mol. The van der Waals surface area contributed by atoms with E-state index in [4.69, 9.17) is 5.73 Å². The Morgan fingerprint density at radius 2 is 1.72 bits per heavy atom. The van der Waals surface area contributed by atoms with Crippen LogP contribution >= 0.6 is 0 Å². The molecule has 4 heteroatoms. The van der Waals surface area contributed by atoms with Crippen molar-refractivity contribution in [2.75, 3.05) is 19.6 Å². The van der Waals surface area contributed by atoms with Gasteiger partial charge in [-0.05, 0) is 30.6 Å². The second-order valence-electron chi connectivity index (χ2n) is 6.60. The molecule has 1 saturated carbocycles. The van der Waals surface area contributed by atoms with Crippen molar-refractivity contribution in [2.45, 2.75) is 46.1 Å². The first kappa shape index (κ1) is 15.4. The Bertz CT molecular complexity index is 278. The standard InChI is InChI=1S/C14H28N2O2/c1-10(2)7-16(8-11(3)4)9-14(15,13(17)18)12-5-6-12/h10-12H,5-9,15H2,1-4H3,(H,17,18). The van der Waals surface area contributed by atoms with E-state index in [2.05, 4.69) is 32.6 Å². The van der Waals surface area contributed by atoms with Crippen molar-refractivity contribution < 1.29 is 9.90 Å². The van der Waals surface area contributed by atoms with Crippen LogP contribution in [-0.4, -0.2) is 41.1 Å². The third-order valence-electron chi connectivity index (χ3n) is 3.44. The fourth-order valence-electron chi connectivity index (χ4n) is 2.58. The molecule has 0 aromatic carbocycles. The molecule has 0 radical (unpaired) electrons. The molecule has 1 aliphatic carbocycles. The lowest BCUT2D eigenvalue weighted by Crippen LogP contribution is -2.58. The summed E-state index contributed by atoms with van der Waals surface area (Å²) in [6, 6.07) is 0. The van der Waals surface area contributed by atoms with E-state index >= 15 is 0 Å². The molecule has 18 heavy (non-hydrogen) atoms. The maximum atomic E-state index is 11.5. The van der Waals surface area contributed by atoms with E-state index in [1.54, 1.807) is 0 Å². The van der Waals surface area contributed by atoms with Gasteiger partial charge in [0, 0.05) is 19.6 Å². The van der Waals surface area contributed by atoms with Gasteiger partial charge >= 0.3 is 5.97 Å². The maximum Gasteiger partial charge on any atom is 0.325 e. The highest BCUT2D eigenvalue weighted by Crippen LogP contribution is 2.39. The molecular weight excluding hydrogens is 228 g/mol. The van der Waals surface area contributed by atoms with Gasteiger partial charge in [0.25, 0.3) is 0 Å². The van der Waals surface area contributed by atoms with Crippen LogP contribution in [0.5, 0.6) is 0 Å². The SMILES string of the molecule is CC(C)CN(CC(C)C)CC(N)(C(=O)O)C1CC1. The zero-order valence-corrected chi connectivity index (χ0v) is 12.1. The summed E-state index contributed by atoms with van der Waals surface area (Å²) in [6.07, 6.45) is 1.92. The zero-order chi connectivity index (χ0) is 13.9. The number of rotatable bonds is 8. The summed E-state index contributed by atoms with van der Waals surface area (Å²) >= 11 is 0. The molecule has 0 aromatic rings. The summed E-state index contributed by atoms with van der Waals surface area (Å²) in [6.45, 7) is 10.9. The number of hydrogen-bond acceptors (Lipinski definition) is 3. The van der Waals surface area contributed by atoms with Gasteiger partial charge in [-0.1, -0.05) is 27.7 Å². The van der Waals surface area contributed by atoms with Crippen LogP contribution in [0.25, 0.3) is 0 Å². The molecule has 0 amide bonds. The number of nitrogens with two attached hydrogens (primary N) is 1. The van der Waals surface area contributed by atoms with Crippen molar-refractivity contribution in [1.82, 2.24) is 4.90 Å². The molecular formula is C14H28N2O2. The second-order valence-corrected chi connectivity index (χ2v) is 6.60. The Hall–Kier alpha value is -0.610. The van der Waals surface area contributed by atoms with E-state index in [9.17, 15) is 9.90 Å². The molecule has 106 valence electrons. The van der Waals surface area contributed by atoms with Crippen molar-refractivity contribution in [1.29, 1.82) is 0 Å². The van der Waals surface area contributed by atoms with Gasteiger partial charge in [0.1, 0.15) is 5.54 Å². The van der Waals surface area contributed by atoms with Crippen LogP contribution in [0.3, 0.4) is 0 Å². The van der Waals surface area contributed by atoms with Crippen LogP contribution in [0.1, 0.15) is 40.5 Å². The van der Waals surface area contributed by atoms with Crippen molar-refractivity contribution in [2.24, 2.45) is 23.5 Å². The molecule has 3 N–H and O–H groups in total. The molecule has 0 bridgehead atoms. The number of carboxylic acids is 1. The van der Waals surface area contributed by atoms with E-state index in [1.807, 2.05) is 0 Å². The largest absolute Gasteiger partial charge is 0.480 e. The molecule has 1 fully saturated rings. The van der Waals surface area contributed by atoms with Crippen LogP contribution in [0, 0.1) is 17.8 Å². The van der Waals surface area contributed by atoms with Gasteiger partial charge in [-0.2, -0.15) is 0 Å². The summed E-state index contributed by atoms with van der Waals surface area (Å²) in [7, 11) is 0. The van der Waals surface area contributed by atoms with Gasteiger partial charge in [-0.15, -0.1) is 0 Å².